The summed E-state index contributed by atoms with van der Waals surface area (Å²) in [5.41, 5.74) is 2.50. The lowest BCUT2D eigenvalue weighted by Crippen LogP contribution is -2.47. The van der Waals surface area contributed by atoms with Crippen molar-refractivity contribution in [3.8, 4) is 0 Å². The Kier molecular flexibility index (Phi) is 5.50. The van der Waals surface area contributed by atoms with Gasteiger partial charge in [0.05, 0.1) is 23.0 Å². The Hall–Kier alpha value is -1.00. The Morgan fingerprint density at radius 3 is 2.60 bits per heavy atom. The summed E-state index contributed by atoms with van der Waals surface area (Å²) in [5.74, 6) is -2.50. The number of hydrogen-bond donors (Lipinski definition) is 0. The van der Waals surface area contributed by atoms with Gasteiger partial charge in [0.15, 0.2) is 0 Å². The largest absolute Gasteiger partial charge is 0.393 e. The van der Waals surface area contributed by atoms with E-state index >= 15 is 0 Å². The van der Waals surface area contributed by atoms with Gasteiger partial charge >= 0.3 is 6.18 Å². The number of thiazole rings is 1. The maximum absolute atomic E-state index is 13.5. The molecule has 0 N–H and O–H groups in total. The standard InChI is InChI=1S/C15H20F3N3O2S2/c1-10-13(24-9-19-10)8-20-6-11(12(7-20)15(16,17)18)14(22)21-2-4-25(23)5-3-21/h9,11-12H,2-8H2,1H3/t11-,12-/m0/s1. The number of carbonyl (C=O) groups is 1. The monoisotopic (exact) mass is 395 g/mol. The molecule has 2 aliphatic heterocycles. The Morgan fingerprint density at radius 2 is 2.04 bits per heavy atom. The van der Waals surface area contributed by atoms with Crippen molar-refractivity contribution in [3.63, 3.8) is 0 Å². The number of carbonyl (C=O) groups excluding carboxylic acids is 1. The van der Waals surface area contributed by atoms with Crippen molar-refractivity contribution in [2.45, 2.75) is 19.6 Å². The minimum atomic E-state index is -4.41. The van der Waals surface area contributed by atoms with E-state index in [9.17, 15) is 22.2 Å². The Bertz CT molecular complexity index is 655. The molecule has 2 atom stereocenters. The number of likely N-dealkylation sites (tertiary alicyclic amines) is 1. The molecule has 0 radical (unpaired) electrons. The number of aromatic nitrogens is 1. The lowest BCUT2D eigenvalue weighted by molar-refractivity contribution is -0.186. The topological polar surface area (TPSA) is 53.5 Å². The van der Waals surface area contributed by atoms with Crippen molar-refractivity contribution >= 4 is 28.0 Å². The smallest absolute Gasteiger partial charge is 0.341 e. The van der Waals surface area contributed by atoms with Crippen LogP contribution < -0.4 is 0 Å². The van der Waals surface area contributed by atoms with Crippen LogP contribution in [0.15, 0.2) is 5.51 Å². The van der Waals surface area contributed by atoms with Gasteiger partial charge in [-0.1, -0.05) is 0 Å². The number of halogens is 3. The first-order chi connectivity index (χ1) is 11.8. The quantitative estimate of drug-likeness (QED) is 0.781. The molecule has 0 aromatic carbocycles. The lowest BCUT2D eigenvalue weighted by atomic mass is 9.94. The van der Waals surface area contributed by atoms with Crippen LogP contribution in [0.5, 0.6) is 0 Å². The van der Waals surface area contributed by atoms with E-state index in [2.05, 4.69) is 4.98 Å². The zero-order chi connectivity index (χ0) is 18.2. The first kappa shape index (κ1) is 18.8. The molecule has 1 aromatic rings. The van der Waals surface area contributed by atoms with Crippen LogP contribution in [-0.2, 0) is 22.1 Å². The fourth-order valence-corrected chi connectivity index (χ4v) is 5.24. The van der Waals surface area contributed by atoms with Crippen molar-refractivity contribution in [3.05, 3.63) is 16.1 Å². The third-order valence-corrected chi connectivity index (χ3v) is 7.03. The molecule has 0 bridgehead atoms. The average molecular weight is 395 g/mol. The molecule has 2 aliphatic rings. The van der Waals surface area contributed by atoms with E-state index in [0.29, 0.717) is 18.1 Å². The van der Waals surface area contributed by atoms with Crippen LogP contribution in [0.25, 0.3) is 0 Å². The summed E-state index contributed by atoms with van der Waals surface area (Å²) in [6.07, 6.45) is -4.41. The zero-order valence-electron chi connectivity index (χ0n) is 13.8. The van der Waals surface area contributed by atoms with E-state index in [0.717, 1.165) is 10.6 Å². The fourth-order valence-electron chi connectivity index (χ4n) is 3.37. The maximum atomic E-state index is 13.5. The van der Waals surface area contributed by atoms with Crippen LogP contribution in [-0.4, -0.2) is 68.8 Å². The highest BCUT2D eigenvalue weighted by molar-refractivity contribution is 7.85. The molecule has 3 heterocycles. The molecule has 10 heteroatoms. The minimum Gasteiger partial charge on any atom is -0.341 e. The van der Waals surface area contributed by atoms with E-state index in [4.69, 9.17) is 0 Å². The van der Waals surface area contributed by atoms with Crippen LogP contribution in [0.1, 0.15) is 10.6 Å². The number of aryl methyl sites for hydroxylation is 1. The van der Waals surface area contributed by atoms with E-state index in [1.54, 1.807) is 10.4 Å². The lowest BCUT2D eigenvalue weighted by Gasteiger charge is -2.31. The molecule has 5 nitrogen and oxygen atoms in total. The molecule has 1 amide bonds. The van der Waals surface area contributed by atoms with Crippen LogP contribution in [0.3, 0.4) is 0 Å². The summed E-state index contributed by atoms with van der Waals surface area (Å²) in [5, 5.41) is 0. The van der Waals surface area contributed by atoms with E-state index in [1.807, 2.05) is 6.92 Å². The predicted octanol–water partition coefficient (Wildman–Crippen LogP) is 1.65. The highest BCUT2D eigenvalue weighted by Crippen LogP contribution is 2.39. The molecule has 0 aliphatic carbocycles. The Balaban J connectivity index is 1.72. The van der Waals surface area contributed by atoms with Crippen molar-refractivity contribution in [1.82, 2.24) is 14.8 Å². The van der Waals surface area contributed by atoms with Crippen molar-refractivity contribution in [2.75, 3.05) is 37.7 Å². The van der Waals surface area contributed by atoms with Gasteiger partial charge in [-0.25, -0.2) is 4.98 Å². The molecular formula is C15H20F3N3O2S2. The van der Waals surface area contributed by atoms with Crippen LogP contribution >= 0.6 is 11.3 Å². The van der Waals surface area contributed by atoms with Crippen LogP contribution in [0, 0.1) is 18.8 Å². The average Bonchev–Trinajstić information content (AvgIpc) is 3.14. The molecule has 0 unspecified atom stereocenters. The fraction of sp³-hybridized carbons (Fsp3) is 0.733. The van der Waals surface area contributed by atoms with Gasteiger partial charge in [0.25, 0.3) is 0 Å². The summed E-state index contributed by atoms with van der Waals surface area (Å²) in [7, 11) is -0.968. The SMILES string of the molecule is Cc1ncsc1CN1C[C@H](C(=O)N2CCS(=O)CC2)[C@@H](C(F)(F)F)C1. The summed E-state index contributed by atoms with van der Waals surface area (Å²) in [4.78, 5) is 20.9. The second-order valence-electron chi connectivity index (χ2n) is 6.48. The van der Waals surface area contributed by atoms with Gasteiger partial charge in [-0.2, -0.15) is 13.2 Å². The van der Waals surface area contributed by atoms with Crippen molar-refractivity contribution < 1.29 is 22.2 Å². The molecule has 0 spiro atoms. The third kappa shape index (κ3) is 4.22. The number of alkyl halides is 3. The van der Waals surface area contributed by atoms with E-state index in [-0.39, 0.29) is 26.2 Å². The molecular weight excluding hydrogens is 375 g/mol. The second kappa shape index (κ2) is 7.32. The molecule has 25 heavy (non-hydrogen) atoms. The number of nitrogens with zero attached hydrogens (tertiary/aromatic N) is 3. The van der Waals surface area contributed by atoms with Crippen molar-refractivity contribution in [2.24, 2.45) is 11.8 Å². The van der Waals surface area contributed by atoms with Gasteiger partial charge in [0.2, 0.25) is 5.91 Å². The molecule has 2 fully saturated rings. The third-order valence-electron chi connectivity index (χ3n) is 4.83. The summed E-state index contributed by atoms with van der Waals surface area (Å²) in [6.45, 7) is 2.70. The summed E-state index contributed by atoms with van der Waals surface area (Å²) in [6, 6.07) is 0. The van der Waals surface area contributed by atoms with Crippen molar-refractivity contribution in [1.29, 1.82) is 0 Å². The molecule has 3 rings (SSSR count). The number of hydrogen-bond acceptors (Lipinski definition) is 5. The first-order valence-corrected chi connectivity index (χ1v) is 10.4. The second-order valence-corrected chi connectivity index (χ2v) is 9.12. The van der Waals surface area contributed by atoms with Gasteiger partial charge in [0, 0.05) is 59.9 Å². The van der Waals surface area contributed by atoms with Gasteiger partial charge < -0.3 is 4.90 Å². The highest BCUT2D eigenvalue weighted by Gasteiger charge is 2.53. The maximum Gasteiger partial charge on any atom is 0.393 e. The first-order valence-electron chi connectivity index (χ1n) is 8.07. The van der Waals surface area contributed by atoms with Gasteiger partial charge in [-0.3, -0.25) is 13.9 Å². The van der Waals surface area contributed by atoms with Gasteiger partial charge in [-0.05, 0) is 6.92 Å². The number of amides is 1. The van der Waals surface area contributed by atoms with Crippen LogP contribution in [0.4, 0.5) is 13.2 Å². The Labute approximate surface area is 150 Å². The van der Waals surface area contributed by atoms with Crippen LogP contribution in [0.2, 0.25) is 0 Å². The zero-order valence-corrected chi connectivity index (χ0v) is 15.4. The molecule has 1 aromatic heterocycles. The predicted molar refractivity (Wildman–Crippen MR) is 89.6 cm³/mol. The minimum absolute atomic E-state index is 0.0972. The normalized spacial score (nSPS) is 26.3. The molecule has 0 saturated carbocycles. The Morgan fingerprint density at radius 1 is 1.36 bits per heavy atom. The highest BCUT2D eigenvalue weighted by atomic mass is 32.2. The van der Waals surface area contributed by atoms with Gasteiger partial charge in [0.1, 0.15) is 0 Å². The van der Waals surface area contributed by atoms with E-state index in [1.165, 1.54) is 16.2 Å². The van der Waals surface area contributed by atoms with Gasteiger partial charge in [-0.15, -0.1) is 11.3 Å². The summed E-state index contributed by atoms with van der Waals surface area (Å²) < 4.78 is 51.8. The van der Waals surface area contributed by atoms with E-state index < -0.39 is 34.7 Å². The number of rotatable bonds is 3. The summed E-state index contributed by atoms with van der Waals surface area (Å²) >= 11 is 1.42. The molecule has 140 valence electrons. The molecule has 2 saturated heterocycles.